The molecule has 2 heterocycles. The van der Waals surface area contributed by atoms with Crippen LogP contribution in [0.1, 0.15) is 47.8 Å². The van der Waals surface area contributed by atoms with E-state index in [1.807, 2.05) is 48.5 Å². The first kappa shape index (κ1) is 49.5. The van der Waals surface area contributed by atoms with Crippen LogP contribution in [-0.4, -0.2) is 27.3 Å². The maximum absolute atomic E-state index is 11.8. The number of fused-ring (bicyclic) bond motifs is 3. The number of allylic oxidation sites excluding steroid dienone is 3. The molecule has 0 aliphatic carbocycles. The Labute approximate surface area is 421 Å². The van der Waals surface area contributed by atoms with Crippen molar-refractivity contribution < 1.29 is 76.6 Å². The quantitative estimate of drug-likeness (QED) is 0.0602. The number of hydrogen-bond donors (Lipinski definition) is 0. The fraction of sp³-hybridized carbons (Fsp3) is 0. The van der Waals surface area contributed by atoms with E-state index in [0.717, 1.165) is 40.0 Å². The molecule has 2 aromatic heterocycles. The van der Waals surface area contributed by atoms with Gasteiger partial charge in [-0.3, -0.25) is 24.4 Å². The van der Waals surface area contributed by atoms with Gasteiger partial charge < -0.3 is 15.3 Å². The molecule has 0 atom stereocenters. The molecule has 0 saturated heterocycles. The summed E-state index contributed by atoms with van der Waals surface area (Å²) in [4.78, 5) is 43.9. The van der Waals surface area contributed by atoms with Gasteiger partial charge in [0, 0.05) is 39.9 Å². The predicted molar refractivity (Wildman–Crippen MR) is 253 cm³/mol. The first-order valence-corrected chi connectivity index (χ1v) is 20.5. The van der Waals surface area contributed by atoms with Crippen molar-refractivity contribution in [1.29, 1.82) is 0 Å². The van der Waals surface area contributed by atoms with Gasteiger partial charge in [-0.1, -0.05) is 224 Å². The van der Waals surface area contributed by atoms with Crippen LogP contribution in [0.2, 0.25) is 0 Å². The standard InChI is InChI=1S/3C15H12O2.C12H8N2.Yb/c3*16-14(12-7-3-1-4-8-12)11-15(17)13-9-5-2-6-10-13;1-3-9-5-6-10-4-2-8-14-12(10)11(9)13-7-1;/h3*1-11,16H;1-8H;/q;;;;+3/p-3/b3*14-11-;;. The van der Waals surface area contributed by atoms with Gasteiger partial charge in [-0.15, -0.1) is 0 Å². The van der Waals surface area contributed by atoms with Crippen LogP contribution in [0.25, 0.3) is 39.1 Å². The largest absolute Gasteiger partial charge is 3.00 e. The monoisotopic (exact) mass is 1020 g/mol. The van der Waals surface area contributed by atoms with Gasteiger partial charge in [0.25, 0.3) is 0 Å². The third kappa shape index (κ3) is 15.1. The Balaban J connectivity index is 0.000000164. The van der Waals surface area contributed by atoms with Crippen molar-refractivity contribution in [3.63, 3.8) is 0 Å². The zero-order valence-electron chi connectivity index (χ0n) is 35.3. The van der Waals surface area contributed by atoms with Crippen LogP contribution in [0.3, 0.4) is 0 Å². The van der Waals surface area contributed by atoms with Gasteiger partial charge in [0.2, 0.25) is 0 Å². The SMILES string of the molecule is O=C(/C=C(\[O-])c1ccccc1)c1ccccc1.O=C(/C=C(\[O-])c1ccccc1)c1ccccc1.O=C(/C=C(\[O-])c1ccccc1)c1ccccc1.[Yb+3].c1cnc2c(c1)ccc1cccnc12. The summed E-state index contributed by atoms with van der Waals surface area (Å²) >= 11 is 0. The van der Waals surface area contributed by atoms with Crippen LogP contribution < -0.4 is 15.3 Å². The van der Waals surface area contributed by atoms with Gasteiger partial charge in [0.15, 0.2) is 17.3 Å². The van der Waals surface area contributed by atoms with E-state index >= 15 is 0 Å². The van der Waals surface area contributed by atoms with Gasteiger partial charge in [-0.05, 0) is 47.1 Å². The Hall–Kier alpha value is -7.49. The molecule has 0 bridgehead atoms. The van der Waals surface area contributed by atoms with Crippen molar-refractivity contribution in [3.8, 4) is 0 Å². The molecule has 0 unspecified atom stereocenters. The second-order valence-electron chi connectivity index (χ2n) is 14.0. The number of aromatic nitrogens is 2. The third-order valence-electron chi connectivity index (χ3n) is 9.48. The third-order valence-corrected chi connectivity index (χ3v) is 9.48. The molecule has 9 rings (SSSR count). The normalized spacial score (nSPS) is 10.9. The van der Waals surface area contributed by atoms with Crippen molar-refractivity contribution in [2.24, 2.45) is 0 Å². The number of pyridine rings is 2. The molecule has 0 spiro atoms. The molecule has 1 radical (unpaired) electrons. The molecular formula is C57H41N2O6Yb. The zero-order valence-corrected chi connectivity index (χ0v) is 37.0. The molecule has 0 aliphatic heterocycles. The number of nitrogens with zero attached hydrogens (tertiary/aromatic N) is 2. The molecule has 0 fully saturated rings. The Bertz CT molecular complexity index is 2740. The van der Waals surface area contributed by atoms with Gasteiger partial charge >= 0.3 is 46.9 Å². The summed E-state index contributed by atoms with van der Waals surface area (Å²) in [6, 6.07) is 64.7. The van der Waals surface area contributed by atoms with E-state index in [2.05, 4.69) is 34.2 Å². The van der Waals surface area contributed by atoms with Crippen LogP contribution in [0.5, 0.6) is 0 Å². The van der Waals surface area contributed by atoms with Gasteiger partial charge in [-0.2, -0.15) is 0 Å². The van der Waals surface area contributed by atoms with Crippen molar-refractivity contribution >= 4 is 56.4 Å². The van der Waals surface area contributed by atoms with Crippen LogP contribution in [0, 0.1) is 46.9 Å². The Morgan fingerprint density at radius 3 is 0.773 bits per heavy atom. The first-order chi connectivity index (χ1) is 31.8. The van der Waals surface area contributed by atoms with E-state index in [4.69, 9.17) is 0 Å². The molecule has 329 valence electrons. The fourth-order valence-electron chi connectivity index (χ4n) is 6.15. The van der Waals surface area contributed by atoms with Crippen molar-refractivity contribution in [2.75, 3.05) is 0 Å². The van der Waals surface area contributed by atoms with Crippen LogP contribution in [0.15, 0.2) is 249 Å². The molecular weight excluding hydrogens is 982 g/mol. The van der Waals surface area contributed by atoms with E-state index in [0.29, 0.717) is 33.4 Å². The minimum atomic E-state index is -0.264. The summed E-state index contributed by atoms with van der Waals surface area (Å²) in [5, 5.41) is 37.5. The second-order valence-corrected chi connectivity index (χ2v) is 14.0. The molecule has 0 saturated carbocycles. The Morgan fingerprint density at radius 2 is 0.530 bits per heavy atom. The summed E-state index contributed by atoms with van der Waals surface area (Å²) in [5.41, 5.74) is 5.10. The van der Waals surface area contributed by atoms with Gasteiger partial charge in [-0.25, -0.2) is 0 Å². The number of rotatable bonds is 9. The minimum absolute atomic E-state index is 0. The summed E-state index contributed by atoms with van der Waals surface area (Å²) in [6.07, 6.45) is 6.99. The van der Waals surface area contributed by atoms with E-state index in [1.165, 1.54) is 0 Å². The van der Waals surface area contributed by atoms with E-state index in [1.54, 1.807) is 158 Å². The van der Waals surface area contributed by atoms with E-state index < -0.39 is 0 Å². The Morgan fingerprint density at radius 1 is 0.303 bits per heavy atom. The average Bonchev–Trinajstić information content (AvgIpc) is 3.38. The summed E-state index contributed by atoms with van der Waals surface area (Å²) in [6.45, 7) is 0. The molecule has 9 aromatic rings. The van der Waals surface area contributed by atoms with Crippen LogP contribution in [-0.2, 0) is 0 Å². The van der Waals surface area contributed by atoms with Crippen LogP contribution in [0.4, 0.5) is 0 Å². The van der Waals surface area contributed by atoms with E-state index in [-0.39, 0.29) is 81.6 Å². The zero-order chi connectivity index (χ0) is 45.6. The molecule has 0 aliphatic rings. The van der Waals surface area contributed by atoms with E-state index in [9.17, 15) is 29.7 Å². The van der Waals surface area contributed by atoms with Gasteiger partial charge in [0.1, 0.15) is 0 Å². The van der Waals surface area contributed by atoms with Crippen molar-refractivity contribution in [1.82, 2.24) is 9.97 Å². The molecule has 66 heavy (non-hydrogen) atoms. The smallest absolute Gasteiger partial charge is 0.872 e. The predicted octanol–water partition coefficient (Wildman–Crippen LogP) is 9.60. The molecule has 0 N–H and O–H groups in total. The average molecular weight is 1020 g/mol. The maximum Gasteiger partial charge on any atom is 3.00 e. The molecule has 7 aromatic carbocycles. The number of ketones is 3. The molecule has 8 nitrogen and oxygen atoms in total. The second kappa shape index (κ2) is 26.3. The summed E-state index contributed by atoms with van der Waals surface area (Å²) in [7, 11) is 0. The number of carbonyl (C=O) groups is 3. The Kier molecular flexibility index (Phi) is 19.8. The minimum Gasteiger partial charge on any atom is -0.872 e. The molecule has 0 amide bonds. The summed E-state index contributed by atoms with van der Waals surface area (Å²) < 4.78 is 0. The summed E-state index contributed by atoms with van der Waals surface area (Å²) in [5.74, 6) is -1.59. The number of hydrogen-bond acceptors (Lipinski definition) is 8. The number of carbonyl (C=O) groups excluding carboxylic acids is 3. The van der Waals surface area contributed by atoms with Crippen molar-refractivity contribution in [3.05, 3.63) is 282 Å². The first-order valence-electron chi connectivity index (χ1n) is 20.5. The van der Waals surface area contributed by atoms with Crippen LogP contribution >= 0.6 is 0 Å². The maximum atomic E-state index is 11.8. The van der Waals surface area contributed by atoms with Crippen molar-refractivity contribution in [2.45, 2.75) is 0 Å². The van der Waals surface area contributed by atoms with Gasteiger partial charge in [0.05, 0.1) is 11.0 Å². The number of benzene rings is 7. The molecule has 9 heteroatoms. The fourth-order valence-corrected chi connectivity index (χ4v) is 6.15. The topological polar surface area (TPSA) is 146 Å².